The van der Waals surface area contributed by atoms with Crippen LogP contribution in [0.25, 0.3) is 0 Å². The highest BCUT2D eigenvalue weighted by atomic mass is 16.2. The molecule has 25 heavy (non-hydrogen) atoms. The fourth-order valence-electron chi connectivity index (χ4n) is 4.00. The number of fused-ring (bicyclic) bond motifs is 3. The number of carbonyl (C=O) groups excluding carboxylic acids is 3. The van der Waals surface area contributed by atoms with Gasteiger partial charge >= 0.3 is 11.8 Å². The largest absolute Gasteiger partial charge is 0.343 e. The Bertz CT molecular complexity index is 685. The third-order valence-corrected chi connectivity index (χ3v) is 5.33. The molecule has 0 radical (unpaired) electrons. The van der Waals surface area contributed by atoms with E-state index in [1.54, 1.807) is 9.80 Å². The number of hydrogen-bond donors (Lipinski definition) is 2. The summed E-state index contributed by atoms with van der Waals surface area (Å²) in [6.45, 7) is 1.75. The highest BCUT2D eigenvalue weighted by Gasteiger charge is 2.39. The van der Waals surface area contributed by atoms with Crippen LogP contribution in [-0.2, 0) is 14.4 Å². The summed E-state index contributed by atoms with van der Waals surface area (Å²) in [5.74, 6) is -1.10. The van der Waals surface area contributed by atoms with E-state index in [-0.39, 0.29) is 24.4 Å². The molecule has 4 aliphatic heterocycles. The van der Waals surface area contributed by atoms with Crippen molar-refractivity contribution >= 4 is 23.4 Å². The summed E-state index contributed by atoms with van der Waals surface area (Å²) >= 11 is 0. The number of piperidine rings is 2. The van der Waals surface area contributed by atoms with E-state index >= 15 is 0 Å². The average Bonchev–Trinajstić information content (AvgIpc) is 3.02. The Morgan fingerprint density at radius 3 is 2.56 bits per heavy atom. The van der Waals surface area contributed by atoms with Crippen molar-refractivity contribution in [3.05, 3.63) is 30.3 Å². The molecule has 4 fully saturated rings. The van der Waals surface area contributed by atoms with Gasteiger partial charge < -0.3 is 20.4 Å². The van der Waals surface area contributed by atoms with Crippen molar-refractivity contribution in [2.24, 2.45) is 0 Å². The Balaban J connectivity index is 1.37. The number of para-hydroxylation sites is 1. The van der Waals surface area contributed by atoms with Gasteiger partial charge in [-0.15, -0.1) is 0 Å². The molecule has 1 aromatic rings. The molecule has 3 amide bonds. The summed E-state index contributed by atoms with van der Waals surface area (Å²) in [5.41, 5.74) is 0.815. The minimum Gasteiger partial charge on any atom is -0.343 e. The number of amides is 3. The fraction of sp³-hybridized carbons (Fsp3) is 0.500. The Morgan fingerprint density at radius 1 is 1.12 bits per heavy atom. The van der Waals surface area contributed by atoms with Crippen LogP contribution in [0.3, 0.4) is 0 Å². The van der Waals surface area contributed by atoms with Crippen molar-refractivity contribution in [3.8, 4) is 0 Å². The number of nitrogens with zero attached hydrogens (tertiary/aromatic N) is 2. The maximum atomic E-state index is 12.5. The Labute approximate surface area is 146 Å². The van der Waals surface area contributed by atoms with Crippen LogP contribution >= 0.6 is 0 Å². The van der Waals surface area contributed by atoms with E-state index in [9.17, 15) is 14.4 Å². The van der Waals surface area contributed by atoms with Gasteiger partial charge in [-0.2, -0.15) is 0 Å². The molecule has 2 bridgehead atoms. The molecule has 4 heterocycles. The van der Waals surface area contributed by atoms with Crippen LogP contribution in [0.2, 0.25) is 0 Å². The topological polar surface area (TPSA) is 81.8 Å². The molecule has 0 saturated carbocycles. The molecule has 132 valence electrons. The number of benzene rings is 1. The van der Waals surface area contributed by atoms with Crippen LogP contribution in [-0.4, -0.2) is 60.4 Å². The molecule has 0 aromatic heterocycles. The third kappa shape index (κ3) is 3.11. The van der Waals surface area contributed by atoms with Gasteiger partial charge in [0.1, 0.15) is 0 Å². The minimum absolute atomic E-state index is 0.0369. The lowest BCUT2D eigenvalue weighted by Crippen LogP contribution is -2.64. The normalized spacial score (nSPS) is 28.3. The van der Waals surface area contributed by atoms with Crippen LogP contribution in [0.1, 0.15) is 19.3 Å². The zero-order valence-corrected chi connectivity index (χ0v) is 14.0. The molecule has 4 aliphatic rings. The Morgan fingerprint density at radius 2 is 1.92 bits per heavy atom. The van der Waals surface area contributed by atoms with Crippen molar-refractivity contribution < 1.29 is 14.4 Å². The van der Waals surface area contributed by atoms with Gasteiger partial charge in [0.25, 0.3) is 0 Å². The molecule has 7 heteroatoms. The van der Waals surface area contributed by atoms with Gasteiger partial charge in [-0.1, -0.05) is 18.2 Å². The first-order chi connectivity index (χ1) is 12.1. The predicted molar refractivity (Wildman–Crippen MR) is 91.9 cm³/mol. The zero-order valence-electron chi connectivity index (χ0n) is 14.0. The van der Waals surface area contributed by atoms with Crippen molar-refractivity contribution in [3.63, 3.8) is 0 Å². The first kappa shape index (κ1) is 16.1. The molecular formula is C18H22N4O3. The zero-order chi connectivity index (χ0) is 17.4. The SMILES string of the molecule is O=C(NC1CC(=O)N(c2ccccc2)C1)C(=O)N1CC2CCC1CN2. The van der Waals surface area contributed by atoms with Gasteiger partial charge in [0, 0.05) is 43.8 Å². The standard InChI is InChI=1S/C18H22N4O3/c23-16-8-13(11-21(16)14-4-2-1-3-5-14)20-17(24)18(25)22-10-12-6-7-15(22)9-19-12/h1-5,12-13,15,19H,6-11H2,(H,20,24). The summed E-state index contributed by atoms with van der Waals surface area (Å²) in [5, 5.41) is 6.12. The number of carbonyl (C=O) groups is 3. The lowest BCUT2D eigenvalue weighted by Gasteiger charge is -2.45. The summed E-state index contributed by atoms with van der Waals surface area (Å²) in [6.07, 6.45) is 2.22. The fourth-order valence-corrected chi connectivity index (χ4v) is 4.00. The number of anilines is 1. The van der Waals surface area contributed by atoms with E-state index in [2.05, 4.69) is 10.6 Å². The van der Waals surface area contributed by atoms with Crippen LogP contribution in [0.15, 0.2) is 30.3 Å². The first-order valence-electron chi connectivity index (χ1n) is 8.82. The lowest BCUT2D eigenvalue weighted by molar-refractivity contribution is -0.150. The smallest absolute Gasteiger partial charge is 0.312 e. The maximum Gasteiger partial charge on any atom is 0.312 e. The van der Waals surface area contributed by atoms with Gasteiger partial charge in [-0.25, -0.2) is 0 Å². The van der Waals surface area contributed by atoms with Crippen LogP contribution in [0, 0.1) is 0 Å². The number of piperazine rings is 1. The van der Waals surface area contributed by atoms with Crippen molar-refractivity contribution in [2.75, 3.05) is 24.5 Å². The molecule has 0 spiro atoms. The number of rotatable bonds is 2. The summed E-state index contributed by atoms with van der Waals surface area (Å²) in [6, 6.07) is 9.44. The minimum atomic E-state index is -0.597. The van der Waals surface area contributed by atoms with Gasteiger partial charge in [0.15, 0.2) is 0 Å². The molecule has 3 atom stereocenters. The quantitative estimate of drug-likeness (QED) is 0.734. The van der Waals surface area contributed by atoms with Gasteiger partial charge in [-0.3, -0.25) is 14.4 Å². The van der Waals surface area contributed by atoms with Crippen LogP contribution in [0.5, 0.6) is 0 Å². The van der Waals surface area contributed by atoms with E-state index in [0.717, 1.165) is 25.1 Å². The number of hydrogen-bond acceptors (Lipinski definition) is 4. The lowest BCUT2D eigenvalue weighted by atomic mass is 9.93. The number of nitrogens with one attached hydrogen (secondary N) is 2. The summed E-state index contributed by atoms with van der Waals surface area (Å²) in [4.78, 5) is 40.4. The summed E-state index contributed by atoms with van der Waals surface area (Å²) in [7, 11) is 0. The van der Waals surface area contributed by atoms with Gasteiger partial charge in [-0.05, 0) is 25.0 Å². The highest BCUT2D eigenvalue weighted by molar-refractivity contribution is 6.35. The van der Waals surface area contributed by atoms with Gasteiger partial charge in [0.2, 0.25) is 5.91 Å². The molecule has 1 aromatic carbocycles. The maximum absolute atomic E-state index is 12.5. The second-order valence-corrected chi connectivity index (χ2v) is 7.01. The second-order valence-electron chi connectivity index (χ2n) is 7.01. The average molecular weight is 342 g/mol. The van der Waals surface area contributed by atoms with Crippen molar-refractivity contribution in [1.29, 1.82) is 0 Å². The summed E-state index contributed by atoms with van der Waals surface area (Å²) < 4.78 is 0. The monoisotopic (exact) mass is 342 g/mol. The van der Waals surface area contributed by atoms with E-state index in [1.807, 2.05) is 30.3 Å². The molecular weight excluding hydrogens is 320 g/mol. The first-order valence-corrected chi connectivity index (χ1v) is 8.82. The van der Waals surface area contributed by atoms with E-state index < -0.39 is 11.8 Å². The Kier molecular flexibility index (Phi) is 4.17. The van der Waals surface area contributed by atoms with Crippen LogP contribution in [0.4, 0.5) is 5.69 Å². The molecule has 3 unspecified atom stereocenters. The second kappa shape index (κ2) is 6.48. The van der Waals surface area contributed by atoms with Gasteiger partial charge in [0.05, 0.1) is 6.04 Å². The van der Waals surface area contributed by atoms with E-state index in [0.29, 0.717) is 19.1 Å². The van der Waals surface area contributed by atoms with E-state index in [1.165, 1.54) is 0 Å². The third-order valence-electron chi connectivity index (χ3n) is 5.33. The predicted octanol–water partition coefficient (Wildman–Crippen LogP) is -0.129. The highest BCUT2D eigenvalue weighted by Crippen LogP contribution is 2.23. The molecule has 7 nitrogen and oxygen atoms in total. The Hall–Kier alpha value is -2.41. The van der Waals surface area contributed by atoms with Crippen molar-refractivity contribution in [2.45, 2.75) is 37.4 Å². The van der Waals surface area contributed by atoms with E-state index in [4.69, 9.17) is 0 Å². The van der Waals surface area contributed by atoms with Crippen LogP contribution < -0.4 is 15.5 Å². The molecule has 4 saturated heterocycles. The molecule has 5 rings (SSSR count). The molecule has 0 aliphatic carbocycles. The van der Waals surface area contributed by atoms with Crippen molar-refractivity contribution in [1.82, 2.24) is 15.5 Å². The molecule has 2 N–H and O–H groups in total.